The van der Waals surface area contributed by atoms with Crippen LogP contribution in [0.2, 0.25) is 5.04 Å². The Bertz CT molecular complexity index is 1370. The molecule has 0 atom stereocenters. The Balaban J connectivity index is 1.79. The van der Waals surface area contributed by atoms with Gasteiger partial charge in [-0.2, -0.15) is 0 Å². The van der Waals surface area contributed by atoms with Crippen LogP contribution in [0.4, 0.5) is 0 Å². The predicted molar refractivity (Wildman–Crippen MR) is 164 cm³/mol. The van der Waals surface area contributed by atoms with E-state index in [1.54, 1.807) is 21.3 Å². The van der Waals surface area contributed by atoms with Gasteiger partial charge in [0.2, 0.25) is 0 Å². The first-order chi connectivity index (χ1) is 19.3. The molecule has 0 saturated carbocycles. The molecule has 0 aliphatic rings. The van der Waals surface area contributed by atoms with Crippen LogP contribution in [0.25, 0.3) is 11.1 Å². The molecular formula is C34H38O5Si. The van der Waals surface area contributed by atoms with E-state index in [4.69, 9.17) is 18.6 Å². The van der Waals surface area contributed by atoms with E-state index in [0.29, 0.717) is 35.7 Å². The van der Waals surface area contributed by atoms with Gasteiger partial charge in [0.1, 0.15) is 5.75 Å². The Kier molecular flexibility index (Phi) is 9.13. The predicted octanol–water partition coefficient (Wildman–Crippen LogP) is 6.31. The minimum absolute atomic E-state index is 0.144. The number of hydrogen-bond donors (Lipinski definition) is 0. The molecule has 0 bridgehead atoms. The molecular weight excluding hydrogens is 516 g/mol. The molecule has 0 aliphatic heterocycles. The van der Waals surface area contributed by atoms with E-state index in [2.05, 4.69) is 69.3 Å². The van der Waals surface area contributed by atoms with Crippen LogP contribution in [-0.2, 0) is 10.8 Å². The van der Waals surface area contributed by atoms with E-state index in [0.717, 1.165) is 23.2 Å². The van der Waals surface area contributed by atoms with Crippen molar-refractivity contribution in [1.29, 1.82) is 0 Å². The maximum atomic E-state index is 12.6. The van der Waals surface area contributed by atoms with Gasteiger partial charge in [-0.15, -0.1) is 0 Å². The van der Waals surface area contributed by atoms with E-state index in [9.17, 15) is 4.79 Å². The smallest absolute Gasteiger partial charge is 0.261 e. The molecule has 5 nitrogen and oxygen atoms in total. The van der Waals surface area contributed by atoms with Crippen LogP contribution in [0, 0.1) is 0 Å². The van der Waals surface area contributed by atoms with Gasteiger partial charge in [0, 0.05) is 17.7 Å². The average Bonchev–Trinajstić information content (AvgIpc) is 2.98. The molecule has 4 rings (SSSR count). The molecule has 0 spiro atoms. The lowest BCUT2D eigenvalue weighted by Crippen LogP contribution is -2.66. The Labute approximate surface area is 238 Å². The summed E-state index contributed by atoms with van der Waals surface area (Å²) in [5.74, 6) is 1.82. The van der Waals surface area contributed by atoms with Gasteiger partial charge in [0.15, 0.2) is 17.8 Å². The van der Waals surface area contributed by atoms with E-state index >= 15 is 0 Å². The number of aldehydes is 1. The summed E-state index contributed by atoms with van der Waals surface area (Å²) < 4.78 is 23.9. The first kappa shape index (κ1) is 29.1. The van der Waals surface area contributed by atoms with Crippen LogP contribution in [0.3, 0.4) is 0 Å². The normalized spacial score (nSPS) is 11.7. The van der Waals surface area contributed by atoms with Crippen LogP contribution >= 0.6 is 0 Å². The Morgan fingerprint density at radius 2 is 1.32 bits per heavy atom. The molecule has 0 heterocycles. The molecule has 0 amide bonds. The number of benzene rings is 4. The van der Waals surface area contributed by atoms with Crippen LogP contribution in [0.15, 0.2) is 91.0 Å². The fourth-order valence-corrected chi connectivity index (χ4v) is 10.1. The van der Waals surface area contributed by atoms with Crippen molar-refractivity contribution in [3.63, 3.8) is 0 Å². The topological polar surface area (TPSA) is 54.0 Å². The second kappa shape index (κ2) is 12.5. The first-order valence-electron chi connectivity index (χ1n) is 13.4. The molecule has 0 aliphatic carbocycles. The number of ether oxygens (including phenoxy) is 3. The summed E-state index contributed by atoms with van der Waals surface area (Å²) in [6.07, 6.45) is 1.43. The largest absolute Gasteiger partial charge is 0.497 e. The number of methoxy groups -OCH3 is 3. The molecule has 4 aromatic rings. The van der Waals surface area contributed by atoms with Crippen molar-refractivity contribution in [2.45, 2.75) is 32.2 Å². The van der Waals surface area contributed by atoms with Gasteiger partial charge in [-0.3, -0.25) is 4.79 Å². The molecule has 6 heteroatoms. The van der Waals surface area contributed by atoms with Crippen molar-refractivity contribution >= 4 is 25.0 Å². The van der Waals surface area contributed by atoms with Crippen LogP contribution in [-0.4, -0.2) is 42.5 Å². The number of carbonyl (C=O) groups is 1. The molecule has 0 N–H and O–H groups in total. The fourth-order valence-electron chi connectivity index (χ4n) is 5.52. The van der Waals surface area contributed by atoms with E-state index < -0.39 is 8.32 Å². The summed E-state index contributed by atoms with van der Waals surface area (Å²) in [5, 5.41) is 2.29. The van der Waals surface area contributed by atoms with Crippen LogP contribution < -0.4 is 24.6 Å². The minimum atomic E-state index is -2.72. The fraction of sp³-hybridized carbons (Fsp3) is 0.265. The zero-order valence-corrected chi connectivity index (χ0v) is 25.2. The van der Waals surface area contributed by atoms with Gasteiger partial charge in [-0.25, -0.2) is 0 Å². The van der Waals surface area contributed by atoms with Gasteiger partial charge in [-0.1, -0.05) is 93.6 Å². The molecule has 0 fully saturated rings. The van der Waals surface area contributed by atoms with Gasteiger partial charge in [0.25, 0.3) is 8.32 Å². The summed E-state index contributed by atoms with van der Waals surface area (Å²) in [5.41, 5.74) is 2.94. The highest BCUT2D eigenvalue weighted by Crippen LogP contribution is 2.43. The standard InChI is InChI=1S/C34H38O5Si/c1-34(2,3)40(28-13-9-7-10-14-28,29-15-11-8-12-16-29)39-22-21-26-23-31(37-5)33(38-6)32(30(26)24-35)25-17-19-27(36-4)20-18-25/h7-20,23-24H,21-22H2,1-6H3. The lowest BCUT2D eigenvalue weighted by atomic mass is 9.93. The van der Waals surface area contributed by atoms with Crippen molar-refractivity contribution in [3.05, 3.63) is 102 Å². The molecule has 4 aromatic carbocycles. The van der Waals surface area contributed by atoms with E-state index in [1.807, 2.05) is 42.5 Å². The average molecular weight is 555 g/mol. The highest BCUT2D eigenvalue weighted by atomic mass is 28.4. The monoisotopic (exact) mass is 554 g/mol. The summed E-state index contributed by atoms with van der Waals surface area (Å²) in [7, 11) is 2.11. The maximum Gasteiger partial charge on any atom is 0.261 e. The van der Waals surface area contributed by atoms with Crippen LogP contribution in [0.1, 0.15) is 36.7 Å². The quantitative estimate of drug-likeness (QED) is 0.161. The molecule has 0 saturated heterocycles. The van der Waals surface area contributed by atoms with Gasteiger partial charge < -0.3 is 18.6 Å². The maximum absolute atomic E-state index is 12.6. The SMILES string of the molecule is COc1ccc(-c2c(C=O)c(CCO[Si](c3ccccc3)(c3ccccc3)C(C)(C)C)cc(OC)c2OC)cc1. The Morgan fingerprint density at radius 1 is 0.750 bits per heavy atom. The summed E-state index contributed by atoms with van der Waals surface area (Å²) in [6, 6.07) is 30.6. The third-order valence-corrected chi connectivity index (χ3v) is 12.4. The van der Waals surface area contributed by atoms with Crippen LogP contribution in [0.5, 0.6) is 17.2 Å². The Hall–Kier alpha value is -3.87. The zero-order valence-electron chi connectivity index (χ0n) is 24.2. The van der Waals surface area contributed by atoms with Crippen molar-refractivity contribution in [1.82, 2.24) is 0 Å². The number of rotatable bonds is 11. The van der Waals surface area contributed by atoms with E-state index in [1.165, 1.54) is 10.4 Å². The molecule has 0 unspecified atom stereocenters. The summed E-state index contributed by atoms with van der Waals surface area (Å²) in [4.78, 5) is 12.6. The minimum Gasteiger partial charge on any atom is -0.497 e. The number of hydrogen-bond acceptors (Lipinski definition) is 5. The second-order valence-electron chi connectivity index (χ2n) is 10.7. The van der Waals surface area contributed by atoms with Crippen molar-refractivity contribution in [2.75, 3.05) is 27.9 Å². The van der Waals surface area contributed by atoms with Gasteiger partial charge in [-0.05, 0) is 51.2 Å². The summed E-state index contributed by atoms with van der Waals surface area (Å²) in [6.45, 7) is 7.21. The second-order valence-corrected chi connectivity index (χ2v) is 15.0. The highest BCUT2D eigenvalue weighted by molar-refractivity contribution is 6.99. The molecule has 0 aromatic heterocycles. The van der Waals surface area contributed by atoms with E-state index in [-0.39, 0.29) is 5.04 Å². The lowest BCUT2D eigenvalue weighted by Gasteiger charge is -2.43. The Morgan fingerprint density at radius 3 is 1.77 bits per heavy atom. The summed E-state index contributed by atoms with van der Waals surface area (Å²) >= 11 is 0. The first-order valence-corrected chi connectivity index (χ1v) is 15.3. The lowest BCUT2D eigenvalue weighted by molar-refractivity contribution is 0.112. The zero-order chi connectivity index (χ0) is 28.8. The van der Waals surface area contributed by atoms with Crippen molar-refractivity contribution in [2.24, 2.45) is 0 Å². The highest BCUT2D eigenvalue weighted by Gasteiger charge is 2.50. The van der Waals surface area contributed by atoms with Crippen molar-refractivity contribution < 1.29 is 23.4 Å². The third-order valence-electron chi connectivity index (χ3n) is 7.40. The molecule has 0 radical (unpaired) electrons. The third kappa shape index (κ3) is 5.55. The molecule has 208 valence electrons. The molecule has 40 heavy (non-hydrogen) atoms. The van der Waals surface area contributed by atoms with Crippen molar-refractivity contribution in [3.8, 4) is 28.4 Å². The van der Waals surface area contributed by atoms with Gasteiger partial charge >= 0.3 is 0 Å². The van der Waals surface area contributed by atoms with Gasteiger partial charge in [0.05, 0.1) is 21.3 Å². The number of carbonyl (C=O) groups excluding carboxylic acids is 1.